The average Bonchev–Trinajstić information content (AvgIpc) is 2.57. The minimum atomic E-state index is -0.713. The van der Waals surface area contributed by atoms with Crippen LogP contribution in [0.1, 0.15) is 36.7 Å². The minimum absolute atomic E-state index is 0.0811. The van der Waals surface area contributed by atoms with Crippen LogP contribution in [-0.4, -0.2) is 23.3 Å². The van der Waals surface area contributed by atoms with Gasteiger partial charge in [0.05, 0.1) is 12.3 Å². The fourth-order valence-corrected chi connectivity index (χ4v) is 2.60. The van der Waals surface area contributed by atoms with Crippen molar-refractivity contribution < 1.29 is 19.1 Å². The summed E-state index contributed by atoms with van der Waals surface area (Å²) in [4.78, 5) is 23.7. The molecule has 0 saturated heterocycles. The standard InChI is InChI=1S/C19H21ClN2O5/c1-11-9-14(20)6-7-16(11)26-8-4-5-17(24)22-21-13(3)18-15(23)10-12(2)27-19(18)25/h6-7,9-10,23H,4-5,8H2,1-3H3,(H,22,24)/b21-13+. The highest BCUT2D eigenvalue weighted by atomic mass is 35.5. The van der Waals surface area contributed by atoms with Gasteiger partial charge in [-0.2, -0.15) is 5.10 Å². The Balaban J connectivity index is 1.84. The molecule has 1 aromatic carbocycles. The average molecular weight is 393 g/mol. The topological polar surface area (TPSA) is 101 Å². The maximum Gasteiger partial charge on any atom is 0.348 e. The second-order valence-electron chi connectivity index (χ2n) is 6.00. The molecule has 0 unspecified atom stereocenters. The molecular formula is C19H21ClN2O5. The zero-order valence-corrected chi connectivity index (χ0v) is 16.1. The second kappa shape index (κ2) is 9.23. The van der Waals surface area contributed by atoms with Crippen molar-refractivity contribution in [2.75, 3.05) is 6.61 Å². The number of rotatable bonds is 7. The van der Waals surface area contributed by atoms with Crippen molar-refractivity contribution in [3.05, 3.63) is 56.6 Å². The minimum Gasteiger partial charge on any atom is -0.507 e. The largest absolute Gasteiger partial charge is 0.507 e. The quantitative estimate of drug-likeness (QED) is 0.427. The number of aryl methyl sites for hydroxylation is 2. The van der Waals surface area contributed by atoms with Gasteiger partial charge in [0.25, 0.3) is 0 Å². The molecule has 7 nitrogen and oxygen atoms in total. The molecule has 2 aromatic rings. The van der Waals surface area contributed by atoms with E-state index in [1.807, 2.05) is 6.92 Å². The van der Waals surface area contributed by atoms with Gasteiger partial charge in [0.1, 0.15) is 22.8 Å². The number of carbonyl (C=O) groups excluding carboxylic acids is 1. The number of hydrazone groups is 1. The van der Waals surface area contributed by atoms with E-state index >= 15 is 0 Å². The Morgan fingerprint density at radius 3 is 2.74 bits per heavy atom. The van der Waals surface area contributed by atoms with E-state index in [2.05, 4.69) is 10.5 Å². The molecule has 144 valence electrons. The fraction of sp³-hybridized carbons (Fsp3) is 0.316. The summed E-state index contributed by atoms with van der Waals surface area (Å²) in [5.41, 5.74) is 2.63. The lowest BCUT2D eigenvalue weighted by atomic mass is 10.2. The first-order chi connectivity index (χ1) is 12.8. The van der Waals surface area contributed by atoms with Gasteiger partial charge in [-0.3, -0.25) is 4.79 Å². The molecular weight excluding hydrogens is 372 g/mol. The summed E-state index contributed by atoms with van der Waals surface area (Å²) in [5, 5.41) is 14.3. The summed E-state index contributed by atoms with van der Waals surface area (Å²) in [6, 6.07) is 6.64. The number of amides is 1. The summed E-state index contributed by atoms with van der Waals surface area (Å²) >= 11 is 5.89. The monoisotopic (exact) mass is 392 g/mol. The molecule has 0 aliphatic heterocycles. The lowest BCUT2D eigenvalue weighted by Gasteiger charge is -2.09. The molecule has 1 amide bonds. The number of carbonyl (C=O) groups is 1. The van der Waals surface area contributed by atoms with Crippen LogP contribution in [0, 0.1) is 13.8 Å². The maximum atomic E-state index is 11.9. The van der Waals surface area contributed by atoms with Crippen molar-refractivity contribution in [2.45, 2.75) is 33.6 Å². The van der Waals surface area contributed by atoms with Crippen LogP contribution in [0.5, 0.6) is 11.5 Å². The van der Waals surface area contributed by atoms with Crippen LogP contribution in [0.3, 0.4) is 0 Å². The van der Waals surface area contributed by atoms with Crippen molar-refractivity contribution in [2.24, 2.45) is 5.10 Å². The summed E-state index contributed by atoms with van der Waals surface area (Å²) in [6.07, 6.45) is 0.679. The first-order valence-electron chi connectivity index (χ1n) is 8.34. The SMILES string of the molecule is C/C(=N\NC(=O)CCCOc1ccc(Cl)cc1C)c1c(O)cc(C)oc1=O. The molecule has 1 heterocycles. The van der Waals surface area contributed by atoms with Crippen LogP contribution >= 0.6 is 11.6 Å². The second-order valence-corrected chi connectivity index (χ2v) is 6.44. The van der Waals surface area contributed by atoms with Crippen molar-refractivity contribution in [3.8, 4) is 11.5 Å². The molecule has 0 radical (unpaired) electrons. The van der Waals surface area contributed by atoms with Crippen molar-refractivity contribution in [1.29, 1.82) is 0 Å². The predicted molar refractivity (Wildman–Crippen MR) is 103 cm³/mol. The van der Waals surface area contributed by atoms with Crippen molar-refractivity contribution in [3.63, 3.8) is 0 Å². The smallest absolute Gasteiger partial charge is 0.348 e. The molecule has 0 aliphatic rings. The Hall–Kier alpha value is -2.80. The highest BCUT2D eigenvalue weighted by molar-refractivity contribution is 6.30. The number of hydrogen-bond donors (Lipinski definition) is 2. The van der Waals surface area contributed by atoms with Crippen molar-refractivity contribution >= 4 is 23.2 Å². The van der Waals surface area contributed by atoms with Crippen LogP contribution < -0.4 is 15.8 Å². The first-order valence-corrected chi connectivity index (χ1v) is 8.72. The molecule has 27 heavy (non-hydrogen) atoms. The van der Waals surface area contributed by atoms with Crippen LogP contribution in [-0.2, 0) is 4.79 Å². The summed E-state index contributed by atoms with van der Waals surface area (Å²) in [6.45, 7) is 5.30. The molecule has 8 heteroatoms. The first kappa shape index (κ1) is 20.5. The zero-order chi connectivity index (χ0) is 20.0. The number of hydrogen-bond acceptors (Lipinski definition) is 6. The summed E-state index contributed by atoms with van der Waals surface area (Å²) < 4.78 is 10.5. The Morgan fingerprint density at radius 1 is 1.33 bits per heavy atom. The third kappa shape index (κ3) is 5.86. The molecule has 0 atom stereocenters. The number of nitrogens with zero attached hydrogens (tertiary/aromatic N) is 1. The number of nitrogens with one attached hydrogen (secondary N) is 1. The van der Waals surface area contributed by atoms with Crippen LogP contribution in [0.25, 0.3) is 0 Å². The van der Waals surface area contributed by atoms with Gasteiger partial charge < -0.3 is 14.3 Å². The fourth-order valence-electron chi connectivity index (χ4n) is 2.38. The van der Waals surface area contributed by atoms with Crippen LogP contribution in [0.4, 0.5) is 0 Å². The predicted octanol–water partition coefficient (Wildman–Crippen LogP) is 3.32. The van der Waals surface area contributed by atoms with E-state index in [0.29, 0.717) is 18.1 Å². The van der Waals surface area contributed by atoms with Gasteiger partial charge >= 0.3 is 5.63 Å². The molecule has 2 rings (SSSR count). The Kier molecular flexibility index (Phi) is 7.01. The third-order valence-corrected chi connectivity index (χ3v) is 3.94. The molecule has 0 spiro atoms. The molecule has 0 fully saturated rings. The van der Waals surface area contributed by atoms with E-state index in [1.165, 1.54) is 13.0 Å². The lowest BCUT2D eigenvalue weighted by Crippen LogP contribution is -2.22. The van der Waals surface area contributed by atoms with Gasteiger partial charge in [-0.25, -0.2) is 10.2 Å². The number of benzene rings is 1. The third-order valence-electron chi connectivity index (χ3n) is 3.71. The highest BCUT2D eigenvalue weighted by Crippen LogP contribution is 2.22. The van der Waals surface area contributed by atoms with Crippen molar-refractivity contribution in [1.82, 2.24) is 5.43 Å². The van der Waals surface area contributed by atoms with E-state index in [0.717, 1.165) is 11.3 Å². The Labute approximate surface area is 161 Å². The number of aromatic hydroxyl groups is 1. The molecule has 2 N–H and O–H groups in total. The van der Waals surface area contributed by atoms with E-state index in [9.17, 15) is 14.7 Å². The van der Waals surface area contributed by atoms with Gasteiger partial charge in [0.2, 0.25) is 5.91 Å². The summed E-state index contributed by atoms with van der Waals surface area (Å²) in [7, 11) is 0. The van der Waals surface area contributed by atoms with E-state index in [4.69, 9.17) is 20.8 Å². The highest BCUT2D eigenvalue weighted by Gasteiger charge is 2.13. The molecule has 0 bridgehead atoms. The number of halogens is 1. The maximum absolute atomic E-state index is 11.9. The Bertz CT molecular complexity index is 921. The van der Waals surface area contributed by atoms with Gasteiger partial charge in [0, 0.05) is 17.5 Å². The normalized spacial score (nSPS) is 11.3. The Morgan fingerprint density at radius 2 is 2.07 bits per heavy atom. The zero-order valence-electron chi connectivity index (χ0n) is 15.3. The molecule has 0 saturated carbocycles. The van der Waals surface area contributed by atoms with Gasteiger partial charge in [0.15, 0.2) is 0 Å². The van der Waals surface area contributed by atoms with E-state index in [-0.39, 0.29) is 35.1 Å². The lowest BCUT2D eigenvalue weighted by molar-refractivity contribution is -0.121. The molecule has 1 aromatic heterocycles. The van der Waals surface area contributed by atoms with Gasteiger partial charge in [-0.15, -0.1) is 0 Å². The van der Waals surface area contributed by atoms with Crippen LogP contribution in [0.15, 0.2) is 38.6 Å². The van der Waals surface area contributed by atoms with E-state index < -0.39 is 5.63 Å². The molecule has 0 aliphatic carbocycles. The van der Waals surface area contributed by atoms with Crippen LogP contribution in [0.2, 0.25) is 5.02 Å². The van der Waals surface area contributed by atoms with Gasteiger partial charge in [-0.05, 0) is 51.0 Å². The summed E-state index contributed by atoms with van der Waals surface area (Å²) in [5.74, 6) is 0.428. The van der Waals surface area contributed by atoms with E-state index in [1.54, 1.807) is 25.1 Å². The number of ether oxygens (including phenoxy) is 1. The van der Waals surface area contributed by atoms with Gasteiger partial charge in [-0.1, -0.05) is 11.6 Å².